The Morgan fingerprint density at radius 2 is 1.53 bits per heavy atom. The van der Waals surface area contributed by atoms with Gasteiger partial charge in [-0.25, -0.2) is 0 Å². The number of carbonyl (C=O) groups is 1. The fourth-order valence-corrected chi connectivity index (χ4v) is 10.0. The summed E-state index contributed by atoms with van der Waals surface area (Å²) in [6.07, 6.45) is 4.94. The molecule has 0 unspecified atom stereocenters. The van der Waals surface area contributed by atoms with E-state index in [-0.39, 0.29) is 0 Å². The van der Waals surface area contributed by atoms with Gasteiger partial charge in [-0.2, -0.15) is 0 Å². The standard InChI is InChI=1S/C7H5O.2C4H9.Sn/c8-6-7-4-2-1-3-5-7;2*1-3-4-2;/h1-5H;2*1,3-4H2,2H3;. The summed E-state index contributed by atoms with van der Waals surface area (Å²) < 4.78 is 3.02. The van der Waals surface area contributed by atoms with Crippen LogP contribution < -0.4 is 0 Å². The molecule has 1 nitrogen and oxygen atoms in total. The third kappa shape index (κ3) is 5.24. The molecule has 0 amide bonds. The Hall–Kier alpha value is -0.311. The van der Waals surface area contributed by atoms with Gasteiger partial charge in [-0.05, 0) is 0 Å². The van der Waals surface area contributed by atoms with E-state index in [1.807, 2.05) is 30.3 Å². The van der Waals surface area contributed by atoms with Crippen LogP contribution in [0, 0.1) is 0 Å². The van der Waals surface area contributed by atoms with Gasteiger partial charge in [0.2, 0.25) is 0 Å². The molecule has 0 spiro atoms. The van der Waals surface area contributed by atoms with Crippen LogP contribution in [-0.2, 0) is 0 Å². The first-order chi connectivity index (χ1) is 8.29. The van der Waals surface area contributed by atoms with Gasteiger partial charge in [0.05, 0.1) is 0 Å². The van der Waals surface area contributed by atoms with Gasteiger partial charge < -0.3 is 0 Å². The summed E-state index contributed by atoms with van der Waals surface area (Å²) in [7, 11) is 0. The van der Waals surface area contributed by atoms with E-state index in [1.54, 1.807) is 0 Å². The second-order valence-electron chi connectivity index (χ2n) is 4.51. The minimum absolute atomic E-state index is 0.537. The van der Waals surface area contributed by atoms with E-state index in [2.05, 4.69) is 13.8 Å². The molecule has 17 heavy (non-hydrogen) atoms. The van der Waals surface area contributed by atoms with Crippen LogP contribution in [0.2, 0.25) is 8.87 Å². The molecular weight excluding hydrogens is 315 g/mol. The first-order valence-electron chi connectivity index (χ1n) is 6.74. The number of hydrogen-bond donors (Lipinski definition) is 0. The van der Waals surface area contributed by atoms with Crippen molar-refractivity contribution in [3.63, 3.8) is 0 Å². The van der Waals surface area contributed by atoms with Gasteiger partial charge >= 0.3 is 113 Å². The zero-order chi connectivity index (χ0) is 12.5. The summed E-state index contributed by atoms with van der Waals surface area (Å²) in [6.45, 7) is 4.43. The molecule has 0 saturated carbocycles. The molecule has 0 aromatic heterocycles. The normalized spacial score (nSPS) is 10.8. The molecule has 93 valence electrons. The van der Waals surface area contributed by atoms with Gasteiger partial charge in [-0.3, -0.25) is 0 Å². The molecule has 0 atom stereocenters. The van der Waals surface area contributed by atoms with Crippen molar-refractivity contribution in [3.8, 4) is 0 Å². The van der Waals surface area contributed by atoms with Crippen LogP contribution in [0.1, 0.15) is 49.9 Å². The van der Waals surface area contributed by atoms with E-state index >= 15 is 0 Å². The predicted molar refractivity (Wildman–Crippen MR) is 76.0 cm³/mol. The molecule has 0 aliphatic rings. The van der Waals surface area contributed by atoms with Crippen molar-refractivity contribution >= 4 is 23.6 Å². The predicted octanol–water partition coefficient (Wildman–Crippen LogP) is 4.50. The van der Waals surface area contributed by atoms with Crippen LogP contribution in [0.3, 0.4) is 0 Å². The van der Waals surface area contributed by atoms with Gasteiger partial charge in [0, 0.05) is 0 Å². The third-order valence-corrected chi connectivity index (χ3v) is 11.1. The summed E-state index contributed by atoms with van der Waals surface area (Å²) in [5, 5.41) is 0. The van der Waals surface area contributed by atoms with Crippen LogP contribution in [0.5, 0.6) is 0 Å². The first-order valence-corrected chi connectivity index (χ1v) is 12.2. The van der Waals surface area contributed by atoms with Gasteiger partial charge in [-0.1, -0.05) is 0 Å². The molecule has 0 heterocycles. The molecule has 0 saturated heterocycles. The fourth-order valence-electron chi connectivity index (χ4n) is 1.93. The summed E-state index contributed by atoms with van der Waals surface area (Å²) >= 11 is -1.84. The number of unbranched alkanes of at least 4 members (excludes halogenated alkanes) is 2. The summed E-state index contributed by atoms with van der Waals surface area (Å²) in [4.78, 5) is 12.4. The Kier molecular flexibility index (Phi) is 7.58. The minimum atomic E-state index is -1.84. The Morgan fingerprint density at radius 1 is 1.00 bits per heavy atom. The van der Waals surface area contributed by atoms with Crippen LogP contribution in [0.4, 0.5) is 0 Å². The zero-order valence-corrected chi connectivity index (χ0v) is 13.9. The Bertz CT molecular complexity index is 313. The topological polar surface area (TPSA) is 17.1 Å². The zero-order valence-electron chi connectivity index (χ0n) is 11.0. The van der Waals surface area contributed by atoms with Crippen molar-refractivity contribution in [1.29, 1.82) is 0 Å². The number of carbonyl (C=O) groups excluding carboxylic acids is 1. The molecule has 1 rings (SSSR count). The molecule has 1 aromatic carbocycles. The Morgan fingerprint density at radius 3 is 2.00 bits per heavy atom. The van der Waals surface area contributed by atoms with Crippen LogP contribution in [0.15, 0.2) is 30.3 Å². The summed E-state index contributed by atoms with van der Waals surface area (Å²) in [5.41, 5.74) is 0.967. The second kappa shape index (κ2) is 8.73. The Balaban J connectivity index is 2.64. The molecule has 0 aliphatic carbocycles. The quantitative estimate of drug-likeness (QED) is 0.638. The van der Waals surface area contributed by atoms with Crippen LogP contribution >= 0.6 is 0 Å². The SMILES string of the molecule is CCC[CH2][Sn]([CH2]CCC)[C](=O)c1ccccc1. The van der Waals surface area contributed by atoms with Gasteiger partial charge in [0.1, 0.15) is 0 Å². The molecule has 0 fully saturated rings. The van der Waals surface area contributed by atoms with Crippen molar-refractivity contribution < 1.29 is 4.79 Å². The fraction of sp³-hybridized carbons (Fsp3) is 0.533. The van der Waals surface area contributed by atoms with E-state index in [0.717, 1.165) is 5.56 Å². The average Bonchev–Trinajstić information content (AvgIpc) is 2.39. The molecule has 0 N–H and O–H groups in total. The first kappa shape index (κ1) is 14.7. The second-order valence-corrected chi connectivity index (χ2v) is 12.1. The molecule has 0 bridgehead atoms. The number of rotatable bonds is 8. The maximum atomic E-state index is 12.4. The van der Waals surface area contributed by atoms with Crippen LogP contribution in [0.25, 0.3) is 0 Å². The molecular formula is C15H23OSn. The van der Waals surface area contributed by atoms with Crippen LogP contribution in [-0.4, -0.2) is 23.6 Å². The van der Waals surface area contributed by atoms with E-state index in [0.29, 0.717) is 3.80 Å². The van der Waals surface area contributed by atoms with Crippen molar-refractivity contribution in [2.45, 2.75) is 48.4 Å². The van der Waals surface area contributed by atoms with Gasteiger partial charge in [0.25, 0.3) is 0 Å². The monoisotopic (exact) mass is 339 g/mol. The van der Waals surface area contributed by atoms with E-state index in [9.17, 15) is 4.79 Å². The van der Waals surface area contributed by atoms with Crippen molar-refractivity contribution in [2.24, 2.45) is 0 Å². The van der Waals surface area contributed by atoms with E-state index in [1.165, 1.54) is 34.6 Å². The number of benzene rings is 1. The van der Waals surface area contributed by atoms with Crippen molar-refractivity contribution in [2.75, 3.05) is 0 Å². The third-order valence-electron chi connectivity index (χ3n) is 3.02. The average molecular weight is 338 g/mol. The summed E-state index contributed by atoms with van der Waals surface area (Å²) in [5.74, 6) is 0. The maximum absolute atomic E-state index is 12.4. The molecule has 0 aliphatic heterocycles. The van der Waals surface area contributed by atoms with Crippen molar-refractivity contribution in [1.82, 2.24) is 0 Å². The van der Waals surface area contributed by atoms with Gasteiger partial charge in [-0.15, -0.1) is 0 Å². The van der Waals surface area contributed by atoms with E-state index < -0.39 is 19.8 Å². The molecule has 2 heteroatoms. The van der Waals surface area contributed by atoms with Gasteiger partial charge in [0.15, 0.2) is 0 Å². The van der Waals surface area contributed by atoms with E-state index in [4.69, 9.17) is 0 Å². The number of hydrogen-bond acceptors (Lipinski definition) is 1. The Labute approximate surface area is 112 Å². The van der Waals surface area contributed by atoms with Crippen molar-refractivity contribution in [3.05, 3.63) is 35.9 Å². The molecule has 1 radical (unpaired) electrons. The summed E-state index contributed by atoms with van der Waals surface area (Å²) in [6, 6.07) is 9.92. The molecule has 1 aromatic rings.